The number of carbonyl (C=O) groups is 1. The number of fused-ring (bicyclic) bond motifs is 1. The molecule has 1 aromatic heterocycles. The van der Waals surface area contributed by atoms with Crippen molar-refractivity contribution in [2.75, 3.05) is 6.54 Å². The summed E-state index contributed by atoms with van der Waals surface area (Å²) in [5.41, 5.74) is 3.63. The molecule has 5 rings (SSSR count). The second kappa shape index (κ2) is 9.19. The van der Waals surface area contributed by atoms with Gasteiger partial charge in [0.15, 0.2) is 0 Å². The van der Waals surface area contributed by atoms with Gasteiger partial charge in [-0.3, -0.25) is 9.48 Å². The molecule has 166 valence electrons. The van der Waals surface area contributed by atoms with Crippen LogP contribution in [0.5, 0.6) is 5.75 Å². The highest BCUT2D eigenvalue weighted by atomic mass is 16.5. The average molecular weight is 430 g/mol. The Labute approximate surface area is 190 Å². The monoisotopic (exact) mass is 429 g/mol. The second-order valence-electron chi connectivity index (χ2n) is 9.09. The molecule has 2 heterocycles. The molecule has 0 N–H and O–H groups in total. The molecule has 2 atom stereocenters. The van der Waals surface area contributed by atoms with Crippen molar-refractivity contribution in [2.45, 2.75) is 51.2 Å². The molecule has 3 aromatic rings. The van der Waals surface area contributed by atoms with E-state index in [0.717, 1.165) is 42.0 Å². The van der Waals surface area contributed by atoms with Gasteiger partial charge in [0, 0.05) is 25.2 Å². The lowest BCUT2D eigenvalue weighted by molar-refractivity contribution is 0.0391. The quantitative estimate of drug-likeness (QED) is 0.541. The highest BCUT2D eigenvalue weighted by Gasteiger charge is 2.37. The lowest BCUT2D eigenvalue weighted by atomic mass is 9.78. The summed E-state index contributed by atoms with van der Waals surface area (Å²) in [4.78, 5) is 15.8. The third kappa shape index (κ3) is 4.16. The van der Waals surface area contributed by atoms with Gasteiger partial charge in [-0.05, 0) is 49.3 Å². The van der Waals surface area contributed by atoms with Gasteiger partial charge in [0.05, 0.1) is 17.5 Å². The van der Waals surface area contributed by atoms with Crippen molar-refractivity contribution in [2.24, 2.45) is 13.0 Å². The van der Waals surface area contributed by atoms with E-state index in [2.05, 4.69) is 22.1 Å². The predicted molar refractivity (Wildman–Crippen MR) is 125 cm³/mol. The van der Waals surface area contributed by atoms with Crippen LogP contribution in [0.15, 0.2) is 60.8 Å². The van der Waals surface area contributed by atoms with Crippen LogP contribution in [0.25, 0.3) is 11.3 Å². The molecule has 1 amide bonds. The summed E-state index contributed by atoms with van der Waals surface area (Å²) < 4.78 is 7.84. The maximum Gasteiger partial charge on any atom is 0.257 e. The zero-order valence-corrected chi connectivity index (χ0v) is 18.7. The molecule has 32 heavy (non-hydrogen) atoms. The number of rotatable bonds is 5. The number of likely N-dealkylation sites (tertiary alicyclic amines) is 1. The molecule has 0 spiro atoms. The van der Waals surface area contributed by atoms with Gasteiger partial charge < -0.3 is 9.64 Å². The number of benzene rings is 2. The lowest BCUT2D eigenvalue weighted by Gasteiger charge is -2.44. The summed E-state index contributed by atoms with van der Waals surface area (Å²) in [6.07, 6.45) is 9.02. The van der Waals surface area contributed by atoms with Crippen molar-refractivity contribution in [3.8, 4) is 17.0 Å². The van der Waals surface area contributed by atoms with E-state index in [9.17, 15) is 4.79 Å². The van der Waals surface area contributed by atoms with Crippen LogP contribution < -0.4 is 4.74 Å². The first-order valence-corrected chi connectivity index (χ1v) is 11.8. The van der Waals surface area contributed by atoms with E-state index in [0.29, 0.717) is 24.1 Å². The summed E-state index contributed by atoms with van der Waals surface area (Å²) >= 11 is 0. The number of hydrogen-bond donors (Lipinski definition) is 0. The SMILES string of the molecule is Cn1ncc(C(=O)N2CCCC3CCCCC32)c1-c1cccc(OCc2ccccc2)c1. The molecule has 1 aliphatic carbocycles. The maximum absolute atomic E-state index is 13.7. The van der Waals surface area contributed by atoms with Gasteiger partial charge in [-0.15, -0.1) is 0 Å². The van der Waals surface area contributed by atoms with E-state index in [-0.39, 0.29) is 5.91 Å². The van der Waals surface area contributed by atoms with Gasteiger partial charge in [0.2, 0.25) is 0 Å². The van der Waals surface area contributed by atoms with Gasteiger partial charge >= 0.3 is 0 Å². The van der Waals surface area contributed by atoms with Crippen LogP contribution in [0.4, 0.5) is 0 Å². The summed E-state index contributed by atoms with van der Waals surface area (Å²) in [6, 6.07) is 18.5. The van der Waals surface area contributed by atoms with Crippen LogP contribution in [0.3, 0.4) is 0 Å². The largest absolute Gasteiger partial charge is 0.489 e. The van der Waals surface area contributed by atoms with Crippen LogP contribution in [0, 0.1) is 5.92 Å². The van der Waals surface area contributed by atoms with Crippen LogP contribution in [0.2, 0.25) is 0 Å². The first-order chi connectivity index (χ1) is 15.7. The molecule has 2 aromatic carbocycles. The molecular formula is C27H31N3O2. The van der Waals surface area contributed by atoms with E-state index < -0.39 is 0 Å². The standard InChI is InChI=1S/C27H31N3O2/c1-29-26(22-12-7-14-23(17-22)32-19-20-9-3-2-4-10-20)24(18-28-29)27(31)30-16-8-13-21-11-5-6-15-25(21)30/h2-4,7,9-10,12,14,17-18,21,25H,5-6,8,11,13,15-16,19H2,1H3. The highest BCUT2D eigenvalue weighted by molar-refractivity contribution is 6.00. The van der Waals surface area contributed by atoms with Crippen molar-refractivity contribution in [1.29, 1.82) is 0 Å². The Morgan fingerprint density at radius 2 is 1.84 bits per heavy atom. The van der Waals surface area contributed by atoms with Gasteiger partial charge in [0.1, 0.15) is 12.4 Å². The van der Waals surface area contributed by atoms with Crippen molar-refractivity contribution in [3.05, 3.63) is 71.9 Å². The van der Waals surface area contributed by atoms with Gasteiger partial charge in [-0.25, -0.2) is 0 Å². The van der Waals surface area contributed by atoms with Gasteiger partial charge in [-0.1, -0.05) is 55.3 Å². The first kappa shape index (κ1) is 20.8. The van der Waals surface area contributed by atoms with Crippen molar-refractivity contribution in [1.82, 2.24) is 14.7 Å². The first-order valence-electron chi connectivity index (χ1n) is 11.8. The average Bonchev–Trinajstić information content (AvgIpc) is 3.24. The summed E-state index contributed by atoms with van der Waals surface area (Å²) in [5.74, 6) is 1.58. The predicted octanol–water partition coefficient (Wildman–Crippen LogP) is 5.46. The molecule has 1 aliphatic heterocycles. The normalized spacial score (nSPS) is 20.6. The minimum Gasteiger partial charge on any atom is -0.489 e. The molecule has 0 bridgehead atoms. The third-order valence-electron chi connectivity index (χ3n) is 7.03. The Morgan fingerprint density at radius 1 is 1.03 bits per heavy atom. The minimum atomic E-state index is 0.125. The lowest BCUT2D eigenvalue weighted by Crippen LogP contribution is -2.49. The summed E-state index contributed by atoms with van der Waals surface area (Å²) in [6.45, 7) is 1.37. The number of nitrogens with zero attached hydrogens (tertiary/aromatic N) is 3. The Balaban J connectivity index is 1.39. The number of amides is 1. The molecule has 2 aliphatic rings. The fourth-order valence-corrected chi connectivity index (χ4v) is 5.44. The zero-order valence-electron chi connectivity index (χ0n) is 18.7. The number of aromatic nitrogens is 2. The summed E-state index contributed by atoms with van der Waals surface area (Å²) in [7, 11) is 1.91. The molecule has 0 radical (unpaired) electrons. The van der Waals surface area contributed by atoms with Crippen LogP contribution in [-0.4, -0.2) is 33.2 Å². The van der Waals surface area contributed by atoms with Gasteiger partial charge in [0.25, 0.3) is 5.91 Å². The van der Waals surface area contributed by atoms with E-state index in [1.807, 2.05) is 54.2 Å². The molecule has 1 saturated heterocycles. The molecule has 1 saturated carbocycles. The van der Waals surface area contributed by atoms with E-state index >= 15 is 0 Å². The Bertz CT molecular complexity index is 1070. The van der Waals surface area contributed by atoms with E-state index in [1.54, 1.807) is 6.20 Å². The van der Waals surface area contributed by atoms with Crippen LogP contribution in [0.1, 0.15) is 54.4 Å². The number of hydrogen-bond acceptors (Lipinski definition) is 3. The summed E-state index contributed by atoms with van der Waals surface area (Å²) in [5, 5.41) is 4.46. The molecule has 2 fully saturated rings. The van der Waals surface area contributed by atoms with E-state index in [1.165, 1.54) is 25.7 Å². The minimum absolute atomic E-state index is 0.125. The smallest absolute Gasteiger partial charge is 0.257 e. The van der Waals surface area contributed by atoms with Crippen molar-refractivity contribution >= 4 is 5.91 Å². The molecule has 2 unspecified atom stereocenters. The number of aryl methyl sites for hydroxylation is 1. The number of ether oxygens (including phenoxy) is 1. The Hall–Kier alpha value is -3.08. The number of piperidine rings is 1. The van der Waals surface area contributed by atoms with Crippen molar-refractivity contribution < 1.29 is 9.53 Å². The fraction of sp³-hybridized carbons (Fsp3) is 0.407. The second-order valence-corrected chi connectivity index (χ2v) is 9.09. The van der Waals surface area contributed by atoms with Crippen LogP contribution >= 0.6 is 0 Å². The number of carbonyl (C=O) groups excluding carboxylic acids is 1. The topological polar surface area (TPSA) is 47.4 Å². The maximum atomic E-state index is 13.7. The van der Waals surface area contributed by atoms with Crippen molar-refractivity contribution in [3.63, 3.8) is 0 Å². The molecule has 5 heteroatoms. The third-order valence-corrected chi connectivity index (χ3v) is 7.03. The molecular weight excluding hydrogens is 398 g/mol. The van der Waals surface area contributed by atoms with E-state index in [4.69, 9.17) is 4.74 Å². The Morgan fingerprint density at radius 3 is 2.72 bits per heavy atom. The molecule has 5 nitrogen and oxygen atoms in total. The highest BCUT2D eigenvalue weighted by Crippen LogP contribution is 2.37. The van der Waals surface area contributed by atoms with Crippen LogP contribution in [-0.2, 0) is 13.7 Å². The zero-order chi connectivity index (χ0) is 21.9. The fourth-order valence-electron chi connectivity index (χ4n) is 5.44. The Kier molecular flexibility index (Phi) is 5.97. The van der Waals surface area contributed by atoms with Gasteiger partial charge in [-0.2, -0.15) is 5.10 Å².